The van der Waals surface area contributed by atoms with Crippen LogP contribution in [0.4, 0.5) is 0 Å². The maximum atomic E-state index is 10.2. The van der Waals surface area contributed by atoms with E-state index < -0.39 is 26.6 Å². The van der Waals surface area contributed by atoms with E-state index in [0.29, 0.717) is 0 Å². The van der Waals surface area contributed by atoms with Crippen LogP contribution >= 0.6 is 0 Å². The smallest absolute Gasteiger partial charge is 0.907 e. The van der Waals surface area contributed by atoms with Gasteiger partial charge in [0.05, 0.1) is 0 Å². The normalized spacial score (nSPS) is 9.38. The fourth-order valence-corrected chi connectivity index (χ4v) is 5.28. The molecule has 0 fully saturated rings. The van der Waals surface area contributed by atoms with E-state index in [9.17, 15) is 19.8 Å². The molecule has 0 aromatic rings. The third kappa shape index (κ3) is 104. The summed E-state index contributed by atoms with van der Waals surface area (Å²) in [6.07, 6.45) is 39.7. The number of carboxylic acid groups (broad SMARTS) is 2. The summed E-state index contributed by atoms with van der Waals surface area (Å²) in [6.45, 7) is 4.53. The molecule has 0 aromatic carbocycles. The predicted octanol–water partition coefficient (Wildman–Crippen LogP) is 1.71. The topological polar surface area (TPSA) is 219 Å². The zero-order valence-corrected chi connectivity index (χ0v) is 44.8. The van der Waals surface area contributed by atoms with Crippen LogP contribution in [0.3, 0.4) is 0 Å². The second-order valence-corrected chi connectivity index (χ2v) is 12.7. The Morgan fingerprint density at radius 3 is 0.558 bits per heavy atom. The number of carboxylic acids is 2. The molecule has 0 saturated carbocycles. The Bertz CT molecular complexity index is 567. The summed E-state index contributed by atoms with van der Waals surface area (Å²) in [6, 6.07) is 0. The summed E-state index contributed by atoms with van der Waals surface area (Å²) >= 11 is 0. The molecule has 288 valence electrons. The summed E-state index contributed by atoms with van der Waals surface area (Å²) in [7, 11) is -5.83. The van der Waals surface area contributed by atoms with E-state index in [1.807, 2.05) is 0 Å². The van der Waals surface area contributed by atoms with Gasteiger partial charge in [-0.25, -0.2) is 0 Å². The Morgan fingerprint density at radius 2 is 0.442 bits per heavy atom. The minimum atomic E-state index is -2.92. The van der Waals surface area contributed by atoms with Gasteiger partial charge in [-0.05, 0) is 25.7 Å². The summed E-state index contributed by atoms with van der Waals surface area (Å²) in [5.74, 6) is -1.81. The molecule has 0 aliphatic carbocycles. The molecule has 0 radical (unpaired) electrons. The van der Waals surface area contributed by atoms with Gasteiger partial charge in [-0.3, -0.25) is 14.6 Å². The van der Waals surface area contributed by atoms with Crippen LogP contribution in [0.15, 0.2) is 0 Å². The second-order valence-electron chi connectivity index (χ2n) is 12.7. The van der Waals surface area contributed by atoms with Gasteiger partial charge in [-0.2, -0.15) is 0 Å². The van der Waals surface area contributed by atoms with E-state index in [1.54, 1.807) is 0 Å². The third-order valence-corrected chi connectivity index (χ3v) is 7.97. The van der Waals surface area contributed by atoms with Gasteiger partial charge in [0.15, 0.2) is 0 Å². The number of hydrogen-bond acceptors (Lipinski definition) is 10. The molecule has 0 bridgehead atoms. The second kappa shape index (κ2) is 67.7. The van der Waals surface area contributed by atoms with Crippen LogP contribution in [0.5, 0.6) is 0 Å². The molecule has 0 atom stereocenters. The van der Waals surface area contributed by atoms with Crippen molar-refractivity contribution in [2.45, 2.75) is 219 Å². The molecule has 0 aromatic heterocycles. The molecule has 0 spiro atoms. The van der Waals surface area contributed by atoms with Crippen molar-refractivity contribution in [3.8, 4) is 0 Å². The van der Waals surface area contributed by atoms with Gasteiger partial charge in [0, 0.05) is 11.9 Å². The summed E-state index contributed by atoms with van der Waals surface area (Å²) in [5, 5.41) is 70.9. The number of hydrogen-bond donors (Lipinski definition) is 0. The van der Waals surface area contributed by atoms with Gasteiger partial charge in [0.2, 0.25) is 0 Å². The maximum Gasteiger partial charge on any atom is 2.00 e. The van der Waals surface area contributed by atoms with Crippen molar-refractivity contribution in [1.82, 2.24) is 0 Å². The molecule has 0 unspecified atom stereocenters. The SMILES string of the molecule is CCCCCCCCCCCCCCCCCC(=O)[O-].CCCCCCCCCCCCCCCCCC(=O)[O-].[Ca+2].[O-]B([O-])[O-].[O-]B([O-])[O-].[Zn+2].[Zn+2].[Zn+2]. The monoisotopic (exact) mass is 916 g/mol. The van der Waals surface area contributed by atoms with Crippen molar-refractivity contribution in [3.63, 3.8) is 0 Å². The molecule has 0 aliphatic heterocycles. The Kier molecular flexibility index (Phi) is 93.3. The number of unbranched alkanes of at least 4 members (excludes halogenated alkanes) is 28. The fraction of sp³-hybridized carbons (Fsp3) is 0.944. The quantitative estimate of drug-likeness (QED) is 0.0703. The van der Waals surface area contributed by atoms with E-state index in [4.69, 9.17) is 30.1 Å². The van der Waals surface area contributed by atoms with Gasteiger partial charge in [0.25, 0.3) is 0 Å². The van der Waals surface area contributed by atoms with Crippen molar-refractivity contribution in [1.29, 1.82) is 0 Å². The minimum Gasteiger partial charge on any atom is -0.907 e. The van der Waals surface area contributed by atoms with Gasteiger partial charge in [-0.15, -0.1) is 0 Å². The largest absolute Gasteiger partial charge is 2.00 e. The zero-order valence-electron chi connectivity index (χ0n) is 33.7. The van der Waals surface area contributed by atoms with Gasteiger partial charge in [-0.1, -0.05) is 194 Å². The fourth-order valence-electron chi connectivity index (χ4n) is 5.28. The van der Waals surface area contributed by atoms with E-state index in [0.717, 1.165) is 25.7 Å². The van der Waals surface area contributed by atoms with Crippen molar-refractivity contribution < 1.29 is 108 Å². The van der Waals surface area contributed by atoms with Crippen molar-refractivity contribution in [2.24, 2.45) is 0 Å². The van der Waals surface area contributed by atoms with Crippen LogP contribution in [0.1, 0.15) is 219 Å². The Balaban J connectivity index is -0.0000000962. The first kappa shape index (κ1) is 71.6. The van der Waals surface area contributed by atoms with Crippen molar-refractivity contribution in [3.05, 3.63) is 0 Å². The number of carbonyl (C=O) groups is 2. The molecule has 16 heteroatoms. The van der Waals surface area contributed by atoms with E-state index in [-0.39, 0.29) is 109 Å². The predicted molar refractivity (Wildman–Crippen MR) is 186 cm³/mol. The van der Waals surface area contributed by atoms with E-state index in [2.05, 4.69) is 13.8 Å². The first-order chi connectivity index (χ1) is 23.0. The Hall–Kier alpha value is 1.96. The van der Waals surface area contributed by atoms with Crippen LogP contribution in [0, 0.1) is 0 Å². The van der Waals surface area contributed by atoms with E-state index >= 15 is 0 Å². The minimum absolute atomic E-state index is 0. The first-order valence-corrected chi connectivity index (χ1v) is 19.4. The summed E-state index contributed by atoms with van der Waals surface area (Å²) < 4.78 is 0. The van der Waals surface area contributed by atoms with Crippen LogP contribution in [0.25, 0.3) is 0 Å². The van der Waals surface area contributed by atoms with Crippen LogP contribution in [0.2, 0.25) is 0 Å². The molecule has 0 N–H and O–H groups in total. The van der Waals surface area contributed by atoms with Gasteiger partial charge in [0.1, 0.15) is 0 Å². The molecular formula is C36H70B2CaO10Zn3. The molecule has 0 aliphatic rings. The third-order valence-electron chi connectivity index (χ3n) is 7.97. The van der Waals surface area contributed by atoms with Crippen LogP contribution in [-0.2, 0) is 68.0 Å². The number of aliphatic carboxylic acids is 2. The average Bonchev–Trinajstić information content (AvgIpc) is 3.00. The molecular weight excluding hydrogens is 850 g/mol. The van der Waals surface area contributed by atoms with Gasteiger partial charge < -0.3 is 49.9 Å². The molecule has 0 rings (SSSR count). The molecule has 0 heterocycles. The van der Waals surface area contributed by atoms with Crippen molar-refractivity contribution >= 4 is 64.3 Å². The summed E-state index contributed by atoms with van der Waals surface area (Å²) in [4.78, 5) is 20.4. The molecule has 52 heavy (non-hydrogen) atoms. The Morgan fingerprint density at radius 1 is 0.327 bits per heavy atom. The zero-order chi connectivity index (χ0) is 36.9. The number of rotatable bonds is 32. The number of carbonyl (C=O) groups excluding carboxylic acids is 2. The molecule has 0 saturated heterocycles. The van der Waals surface area contributed by atoms with Crippen LogP contribution < -0.4 is 40.4 Å². The first-order valence-electron chi connectivity index (χ1n) is 19.4. The Labute approximate surface area is 388 Å². The van der Waals surface area contributed by atoms with E-state index in [1.165, 1.54) is 167 Å². The van der Waals surface area contributed by atoms with Gasteiger partial charge >= 0.3 is 96.2 Å². The van der Waals surface area contributed by atoms with Crippen molar-refractivity contribution in [2.75, 3.05) is 0 Å². The summed E-state index contributed by atoms with van der Waals surface area (Å²) in [5.41, 5.74) is 0. The standard InChI is InChI=1S/2C18H36O2.2BO3.Ca.3Zn/c2*1-2-3-4-5-6-7-8-9-10-11-12-13-14-15-16-17-18(19)20;2*2-1(3)4;;;;/h2*2-17H2,1H3,(H,19,20);;;;;;/q;;2*-3;4*+2/p-2. The van der Waals surface area contributed by atoms with Crippen LogP contribution in [-0.4, -0.2) is 64.3 Å². The average molecular weight is 921 g/mol. The maximum absolute atomic E-state index is 10.2. The molecule has 0 amide bonds. The molecule has 10 nitrogen and oxygen atoms in total.